The van der Waals surface area contributed by atoms with E-state index in [1.807, 2.05) is 6.92 Å². The van der Waals surface area contributed by atoms with Gasteiger partial charge in [0.2, 0.25) is 0 Å². The molecule has 0 aromatic carbocycles. The summed E-state index contributed by atoms with van der Waals surface area (Å²) >= 11 is 2.93. The van der Waals surface area contributed by atoms with Crippen LogP contribution in [0.4, 0.5) is 14.6 Å². The van der Waals surface area contributed by atoms with Gasteiger partial charge in [-0.25, -0.2) is 23.7 Å². The molecule has 184 valence electrons. The molecule has 0 bridgehead atoms. The van der Waals surface area contributed by atoms with Crippen LogP contribution < -0.4 is 15.8 Å². The van der Waals surface area contributed by atoms with E-state index in [-0.39, 0.29) is 29.9 Å². The van der Waals surface area contributed by atoms with Gasteiger partial charge in [-0.2, -0.15) is 0 Å². The Hall–Kier alpha value is -2.84. The summed E-state index contributed by atoms with van der Waals surface area (Å²) in [4.78, 5) is 34.2. The number of fused-ring (bicyclic) bond motifs is 1. The Morgan fingerprint density at radius 3 is 2.94 bits per heavy atom. The molecular formula is C20H23F2N5O5S2. The number of thioether (sulfide) groups is 1. The second-order valence-corrected chi connectivity index (χ2v) is 9.32. The van der Waals surface area contributed by atoms with Gasteiger partial charge >= 0.3 is 0 Å². The van der Waals surface area contributed by atoms with Gasteiger partial charge in [-0.3, -0.25) is 9.59 Å². The third-order valence-electron chi connectivity index (χ3n) is 5.08. The number of halogens is 2. The molecule has 1 saturated heterocycles. The number of carbonyl (C=O) groups excluding carboxylic acids is 1. The van der Waals surface area contributed by atoms with Crippen LogP contribution in [0.25, 0.3) is 0 Å². The van der Waals surface area contributed by atoms with E-state index in [0.717, 1.165) is 17.2 Å². The van der Waals surface area contributed by atoms with Crippen LogP contribution >= 0.6 is 23.1 Å². The van der Waals surface area contributed by atoms with E-state index in [4.69, 9.17) is 30.1 Å². The molecule has 34 heavy (non-hydrogen) atoms. The monoisotopic (exact) mass is 515 g/mol. The second-order valence-electron chi connectivity index (χ2n) is 7.42. The van der Waals surface area contributed by atoms with Crippen molar-refractivity contribution >= 4 is 46.5 Å². The minimum atomic E-state index is -2.58. The lowest BCUT2D eigenvalue weighted by atomic mass is 9.80. The molecule has 4 N–H and O–H groups in total. The van der Waals surface area contributed by atoms with Gasteiger partial charge in [0.05, 0.1) is 18.9 Å². The van der Waals surface area contributed by atoms with Crippen LogP contribution in [0.1, 0.15) is 28.8 Å². The number of nitrogens with zero attached hydrogens (tertiary/aromatic N) is 3. The molecule has 2 aliphatic rings. The van der Waals surface area contributed by atoms with Gasteiger partial charge in [-0.05, 0) is 25.5 Å². The standard InChI is InChI=1S/C19H21F2N5O3S2.CH2O2/c1-10-4-11-7-31-18(22)26-19(11,9-29-10)17-25-15(8-30-17)24-16(27)13-3-2-12(5-23-13)28-6-14(20)21;2-1-3/h2-3,5,8,10-11,14H,4,6-7,9H2,1H3,(H2,22,26)(H,24,27);1H,(H,2,3)/t10-,11-,19-;/m0./s1. The number of alkyl halides is 2. The Balaban J connectivity index is 0.00000103. The number of aromatic nitrogens is 2. The van der Waals surface area contributed by atoms with E-state index >= 15 is 0 Å². The number of carbonyl (C=O) groups is 2. The van der Waals surface area contributed by atoms with Crippen molar-refractivity contribution in [2.24, 2.45) is 16.6 Å². The van der Waals surface area contributed by atoms with Crippen molar-refractivity contribution in [3.8, 4) is 5.75 Å². The topological polar surface area (TPSA) is 149 Å². The first-order valence-electron chi connectivity index (χ1n) is 10.1. The maximum atomic E-state index is 12.5. The number of amides is 1. The fraction of sp³-hybridized carbons (Fsp3) is 0.450. The zero-order valence-corrected chi connectivity index (χ0v) is 19.7. The highest BCUT2D eigenvalue weighted by Crippen LogP contribution is 2.47. The summed E-state index contributed by atoms with van der Waals surface area (Å²) < 4.78 is 35.2. The number of nitrogens with one attached hydrogen (secondary N) is 1. The Bertz CT molecular complexity index is 1020. The third kappa shape index (κ3) is 6.18. The molecule has 0 saturated carbocycles. The summed E-state index contributed by atoms with van der Waals surface area (Å²) in [5, 5.41) is 12.6. The highest BCUT2D eigenvalue weighted by molar-refractivity contribution is 8.13. The van der Waals surface area contributed by atoms with E-state index in [1.54, 1.807) is 5.38 Å². The molecule has 1 fully saturated rings. The molecule has 4 rings (SSSR count). The van der Waals surface area contributed by atoms with Gasteiger partial charge in [0.1, 0.15) is 34.4 Å². The van der Waals surface area contributed by atoms with E-state index in [0.29, 0.717) is 17.6 Å². The van der Waals surface area contributed by atoms with Crippen LogP contribution in [-0.4, -0.2) is 64.1 Å². The molecule has 10 nitrogen and oxygen atoms in total. The van der Waals surface area contributed by atoms with Crippen LogP contribution in [0.15, 0.2) is 28.7 Å². The van der Waals surface area contributed by atoms with Crippen molar-refractivity contribution in [1.29, 1.82) is 0 Å². The number of amidine groups is 1. The van der Waals surface area contributed by atoms with Gasteiger partial charge < -0.3 is 25.6 Å². The molecule has 4 heterocycles. The summed E-state index contributed by atoms with van der Waals surface area (Å²) in [5.74, 6) is 1.15. The lowest BCUT2D eigenvalue weighted by molar-refractivity contribution is -0.122. The van der Waals surface area contributed by atoms with Gasteiger partial charge in [0.15, 0.2) is 5.17 Å². The molecular weight excluding hydrogens is 492 g/mol. The third-order valence-corrected chi connectivity index (χ3v) is 7.05. The first kappa shape index (κ1) is 25.8. The molecule has 2 aromatic heterocycles. The average molecular weight is 516 g/mol. The van der Waals surface area contributed by atoms with Crippen molar-refractivity contribution in [2.45, 2.75) is 31.4 Å². The number of hydrogen-bond donors (Lipinski definition) is 3. The quantitative estimate of drug-likeness (QED) is 0.494. The predicted octanol–water partition coefficient (Wildman–Crippen LogP) is 2.82. The summed E-state index contributed by atoms with van der Waals surface area (Å²) in [7, 11) is 0. The molecule has 0 spiro atoms. The summed E-state index contributed by atoms with van der Waals surface area (Å²) in [6.45, 7) is 1.45. The fourth-order valence-electron chi connectivity index (χ4n) is 3.55. The molecule has 3 atom stereocenters. The molecule has 0 radical (unpaired) electrons. The highest BCUT2D eigenvalue weighted by Gasteiger charge is 2.49. The maximum Gasteiger partial charge on any atom is 0.290 e. The van der Waals surface area contributed by atoms with E-state index < -0.39 is 24.5 Å². The SMILES string of the molecule is C[C@H]1C[C@H]2CSC(N)=N[C@@]2(c2nc(NC(=O)c3ccc(OCC(F)F)cn3)cs2)CO1.O=CO. The van der Waals surface area contributed by atoms with Crippen molar-refractivity contribution in [3.05, 3.63) is 34.4 Å². The number of rotatable bonds is 6. The van der Waals surface area contributed by atoms with E-state index in [2.05, 4.69) is 15.3 Å². The number of carboxylic acid groups (broad SMARTS) is 1. The lowest BCUT2D eigenvalue weighted by Crippen LogP contribution is -2.49. The summed E-state index contributed by atoms with van der Waals surface area (Å²) in [6.07, 6.45) is -0.354. The van der Waals surface area contributed by atoms with Crippen molar-refractivity contribution in [2.75, 3.05) is 24.3 Å². The first-order chi connectivity index (χ1) is 16.3. The number of hydrogen-bond acceptors (Lipinski definition) is 10. The number of ether oxygens (including phenoxy) is 2. The normalized spacial score (nSPS) is 23.7. The second kappa shape index (κ2) is 11.5. The van der Waals surface area contributed by atoms with Crippen molar-refractivity contribution < 1.29 is 33.0 Å². The zero-order valence-electron chi connectivity index (χ0n) is 18.0. The van der Waals surface area contributed by atoms with Crippen LogP contribution in [0.3, 0.4) is 0 Å². The van der Waals surface area contributed by atoms with Crippen LogP contribution in [-0.2, 0) is 15.1 Å². The minimum absolute atomic E-state index is 0.112. The molecule has 2 aliphatic heterocycles. The Morgan fingerprint density at radius 1 is 1.50 bits per heavy atom. The number of aliphatic imine (C=N–C) groups is 1. The molecule has 1 amide bonds. The largest absolute Gasteiger partial charge is 0.486 e. The van der Waals surface area contributed by atoms with Gasteiger partial charge in [-0.15, -0.1) is 11.3 Å². The fourth-order valence-corrected chi connectivity index (χ4v) is 5.52. The number of thiazole rings is 1. The van der Waals surface area contributed by atoms with Gasteiger partial charge in [0, 0.05) is 17.1 Å². The van der Waals surface area contributed by atoms with Crippen LogP contribution in [0, 0.1) is 5.92 Å². The Morgan fingerprint density at radius 2 is 2.26 bits per heavy atom. The van der Waals surface area contributed by atoms with Crippen LogP contribution in [0.5, 0.6) is 5.75 Å². The number of pyridine rings is 1. The lowest BCUT2D eigenvalue weighted by Gasteiger charge is -2.44. The summed E-state index contributed by atoms with van der Waals surface area (Å²) in [5.41, 5.74) is 5.49. The number of anilines is 1. The van der Waals surface area contributed by atoms with E-state index in [9.17, 15) is 13.6 Å². The Labute approximate surface area is 202 Å². The number of nitrogens with two attached hydrogens (primary N) is 1. The maximum absolute atomic E-state index is 12.5. The smallest absolute Gasteiger partial charge is 0.290 e. The van der Waals surface area contributed by atoms with Crippen molar-refractivity contribution in [3.63, 3.8) is 0 Å². The zero-order chi connectivity index (χ0) is 24.7. The predicted molar refractivity (Wildman–Crippen MR) is 124 cm³/mol. The average Bonchev–Trinajstić information content (AvgIpc) is 3.28. The van der Waals surface area contributed by atoms with Crippen molar-refractivity contribution in [1.82, 2.24) is 9.97 Å². The Kier molecular flexibility index (Phi) is 8.74. The molecule has 14 heteroatoms. The first-order valence-corrected chi connectivity index (χ1v) is 12.0. The minimum Gasteiger partial charge on any atom is -0.486 e. The molecule has 0 aliphatic carbocycles. The highest BCUT2D eigenvalue weighted by atomic mass is 32.2. The van der Waals surface area contributed by atoms with E-state index in [1.165, 1.54) is 41.4 Å². The summed E-state index contributed by atoms with van der Waals surface area (Å²) in [6, 6.07) is 2.82. The molecule has 0 unspecified atom stereocenters. The van der Waals surface area contributed by atoms with Gasteiger partial charge in [-0.1, -0.05) is 11.8 Å². The molecule has 2 aromatic rings. The van der Waals surface area contributed by atoms with Gasteiger partial charge in [0.25, 0.3) is 18.8 Å². The van der Waals surface area contributed by atoms with Crippen LogP contribution in [0.2, 0.25) is 0 Å².